The summed E-state index contributed by atoms with van der Waals surface area (Å²) in [6.45, 7) is 16.5. The standard InChI is InChI=1S/C21H20N4.C10H8.2C3H8.2C2H6/c1-22-23-20-13-14-21(18-11-5-4-10-17(18)20)25-24-19-12-6-8-15-7-2-3-9-16(15)19;1-2-6-10-8-4-3-7-9(10)5-1;2*1-3-2;2*1-2/h2-3,6-9,12-14H,4-5,10-11H2,1H3;1-8H;2*3H2,1-2H3;2*1-2H3. The van der Waals surface area contributed by atoms with Crippen molar-refractivity contribution in [2.24, 2.45) is 20.5 Å². The zero-order valence-corrected chi connectivity index (χ0v) is 29.3. The van der Waals surface area contributed by atoms with Gasteiger partial charge in [0.1, 0.15) is 0 Å². The lowest BCUT2D eigenvalue weighted by Gasteiger charge is -2.18. The van der Waals surface area contributed by atoms with Gasteiger partial charge in [0.25, 0.3) is 0 Å². The van der Waals surface area contributed by atoms with Gasteiger partial charge in [0.05, 0.1) is 17.1 Å². The molecule has 0 saturated carbocycles. The highest BCUT2D eigenvalue weighted by atomic mass is 15.1. The third kappa shape index (κ3) is 12.8. The fraction of sp³-hybridized carbons (Fsp3) is 0.366. The van der Waals surface area contributed by atoms with Crippen LogP contribution in [0.15, 0.2) is 124 Å². The van der Waals surface area contributed by atoms with Crippen molar-refractivity contribution in [1.29, 1.82) is 0 Å². The predicted octanol–water partition coefficient (Wildman–Crippen LogP) is 14.6. The molecule has 4 heteroatoms. The lowest BCUT2D eigenvalue weighted by molar-refractivity contribution is 0.685. The Labute approximate surface area is 273 Å². The predicted molar refractivity (Wildman–Crippen MR) is 200 cm³/mol. The lowest BCUT2D eigenvalue weighted by atomic mass is 9.89. The second kappa shape index (κ2) is 24.2. The van der Waals surface area contributed by atoms with Crippen molar-refractivity contribution in [3.05, 3.63) is 114 Å². The fourth-order valence-electron chi connectivity index (χ4n) is 4.66. The second-order valence-electron chi connectivity index (χ2n) is 10.0. The summed E-state index contributed by atoms with van der Waals surface area (Å²) in [5.74, 6) is 0. The van der Waals surface area contributed by atoms with E-state index in [4.69, 9.17) is 0 Å². The van der Waals surface area contributed by atoms with Crippen molar-refractivity contribution in [2.75, 3.05) is 7.05 Å². The Morgan fingerprint density at radius 2 is 0.822 bits per heavy atom. The first-order chi connectivity index (χ1) is 22.2. The van der Waals surface area contributed by atoms with Crippen LogP contribution in [0.3, 0.4) is 0 Å². The van der Waals surface area contributed by atoms with Crippen LogP contribution < -0.4 is 0 Å². The van der Waals surface area contributed by atoms with Crippen LogP contribution >= 0.6 is 0 Å². The Morgan fingerprint density at radius 1 is 0.444 bits per heavy atom. The van der Waals surface area contributed by atoms with Crippen LogP contribution in [0, 0.1) is 0 Å². The van der Waals surface area contributed by atoms with Gasteiger partial charge in [0, 0.05) is 12.4 Å². The molecule has 5 aromatic carbocycles. The fourth-order valence-corrected chi connectivity index (χ4v) is 4.66. The van der Waals surface area contributed by atoms with Gasteiger partial charge < -0.3 is 0 Å². The summed E-state index contributed by atoms with van der Waals surface area (Å²) >= 11 is 0. The minimum atomic E-state index is 0.903. The topological polar surface area (TPSA) is 49.4 Å². The van der Waals surface area contributed by atoms with Gasteiger partial charge in [0.15, 0.2) is 0 Å². The molecule has 0 N–H and O–H groups in total. The highest BCUT2D eigenvalue weighted by Crippen LogP contribution is 2.37. The van der Waals surface area contributed by atoms with E-state index in [1.165, 1.54) is 53.0 Å². The number of azo groups is 2. The number of nitrogens with zero attached hydrogens (tertiary/aromatic N) is 4. The third-order valence-corrected chi connectivity index (χ3v) is 6.38. The van der Waals surface area contributed by atoms with Crippen LogP contribution in [0.1, 0.15) is 92.2 Å². The first-order valence-electron chi connectivity index (χ1n) is 16.9. The molecular formula is C41H56N4. The SMILES string of the molecule is CC.CC.CCC.CCC.CN=Nc1ccc(N=Nc2cccc3ccccc23)c2c1CCCC2.c1ccc2ccccc2c1. The van der Waals surface area contributed by atoms with Crippen molar-refractivity contribution in [1.82, 2.24) is 0 Å². The summed E-state index contributed by atoms with van der Waals surface area (Å²) in [5, 5.41) is 22.3. The van der Waals surface area contributed by atoms with Crippen molar-refractivity contribution < 1.29 is 0 Å². The highest BCUT2D eigenvalue weighted by molar-refractivity contribution is 5.92. The zero-order valence-electron chi connectivity index (χ0n) is 29.3. The lowest BCUT2D eigenvalue weighted by Crippen LogP contribution is -2.02. The van der Waals surface area contributed by atoms with Crippen LogP contribution in [0.5, 0.6) is 0 Å². The van der Waals surface area contributed by atoms with Gasteiger partial charge >= 0.3 is 0 Å². The maximum Gasteiger partial charge on any atom is 0.0935 e. The smallest absolute Gasteiger partial charge is 0.0935 e. The average molecular weight is 605 g/mol. The molecule has 240 valence electrons. The average Bonchev–Trinajstić information content (AvgIpc) is 3.11. The Hall–Kier alpha value is -4.18. The van der Waals surface area contributed by atoms with Gasteiger partial charge in [-0.05, 0) is 71.2 Å². The van der Waals surface area contributed by atoms with E-state index < -0.39 is 0 Å². The molecular weight excluding hydrogens is 548 g/mol. The van der Waals surface area contributed by atoms with Crippen LogP contribution in [0.2, 0.25) is 0 Å². The summed E-state index contributed by atoms with van der Waals surface area (Å²) in [6, 6.07) is 35.1. The third-order valence-electron chi connectivity index (χ3n) is 6.38. The summed E-state index contributed by atoms with van der Waals surface area (Å²) in [6.07, 6.45) is 6.97. The van der Waals surface area contributed by atoms with Crippen molar-refractivity contribution in [3.8, 4) is 0 Å². The molecule has 0 bridgehead atoms. The monoisotopic (exact) mass is 604 g/mol. The second-order valence-corrected chi connectivity index (χ2v) is 10.0. The maximum absolute atomic E-state index is 4.59. The normalized spacial score (nSPS) is 11.3. The Bertz CT molecular complexity index is 1480. The maximum atomic E-state index is 4.59. The van der Waals surface area contributed by atoms with E-state index >= 15 is 0 Å². The van der Waals surface area contributed by atoms with E-state index in [9.17, 15) is 0 Å². The van der Waals surface area contributed by atoms with Crippen molar-refractivity contribution in [2.45, 2.75) is 93.9 Å². The van der Waals surface area contributed by atoms with Gasteiger partial charge in [-0.15, -0.1) is 5.11 Å². The summed E-state index contributed by atoms with van der Waals surface area (Å²) in [4.78, 5) is 0. The summed E-state index contributed by atoms with van der Waals surface area (Å²) < 4.78 is 0. The minimum Gasteiger partial charge on any atom is -0.192 e. The first-order valence-corrected chi connectivity index (χ1v) is 16.9. The van der Waals surface area contributed by atoms with Gasteiger partial charge in [-0.1, -0.05) is 153 Å². The Kier molecular flexibility index (Phi) is 20.9. The van der Waals surface area contributed by atoms with Crippen LogP contribution in [-0.4, -0.2) is 7.05 Å². The molecule has 0 fully saturated rings. The van der Waals surface area contributed by atoms with E-state index in [-0.39, 0.29) is 0 Å². The molecule has 0 aromatic heterocycles. The van der Waals surface area contributed by atoms with Crippen molar-refractivity contribution >= 4 is 38.6 Å². The molecule has 0 heterocycles. The molecule has 0 saturated heterocycles. The molecule has 1 aliphatic rings. The minimum absolute atomic E-state index is 0.903. The number of fused-ring (bicyclic) bond motifs is 3. The molecule has 0 radical (unpaired) electrons. The largest absolute Gasteiger partial charge is 0.192 e. The molecule has 4 nitrogen and oxygen atoms in total. The van der Waals surface area contributed by atoms with Crippen LogP contribution in [0.4, 0.5) is 17.1 Å². The molecule has 1 aliphatic carbocycles. The van der Waals surface area contributed by atoms with E-state index in [2.05, 4.69) is 115 Å². The first kappa shape index (κ1) is 38.8. The molecule has 0 amide bonds. The molecule has 5 aromatic rings. The van der Waals surface area contributed by atoms with E-state index in [0.29, 0.717) is 0 Å². The molecule has 0 aliphatic heterocycles. The van der Waals surface area contributed by atoms with Gasteiger partial charge in [-0.2, -0.15) is 15.3 Å². The molecule has 6 rings (SSSR count). The van der Waals surface area contributed by atoms with E-state index in [1.807, 2.05) is 64.1 Å². The number of rotatable bonds is 3. The zero-order chi connectivity index (χ0) is 33.3. The van der Waals surface area contributed by atoms with Crippen molar-refractivity contribution in [3.63, 3.8) is 0 Å². The molecule has 45 heavy (non-hydrogen) atoms. The quantitative estimate of drug-likeness (QED) is 0.184. The molecule has 0 spiro atoms. The summed E-state index contributed by atoms with van der Waals surface area (Å²) in [7, 11) is 1.71. The number of hydrogen-bond acceptors (Lipinski definition) is 4. The Morgan fingerprint density at radius 3 is 1.29 bits per heavy atom. The van der Waals surface area contributed by atoms with Gasteiger partial charge in [-0.25, -0.2) is 0 Å². The highest BCUT2D eigenvalue weighted by Gasteiger charge is 2.17. The van der Waals surface area contributed by atoms with E-state index in [1.54, 1.807) is 7.05 Å². The number of benzene rings is 5. The van der Waals surface area contributed by atoms with Gasteiger partial charge in [-0.3, -0.25) is 0 Å². The van der Waals surface area contributed by atoms with E-state index in [0.717, 1.165) is 35.3 Å². The molecule has 0 unspecified atom stereocenters. The summed E-state index contributed by atoms with van der Waals surface area (Å²) in [5.41, 5.74) is 5.39. The number of hydrogen-bond donors (Lipinski definition) is 0. The Balaban J connectivity index is 0.000000418. The van der Waals surface area contributed by atoms with Crippen LogP contribution in [-0.2, 0) is 12.8 Å². The molecule has 0 atom stereocenters. The van der Waals surface area contributed by atoms with Gasteiger partial charge in [0.2, 0.25) is 0 Å². The van der Waals surface area contributed by atoms with Crippen LogP contribution in [0.25, 0.3) is 21.5 Å².